The summed E-state index contributed by atoms with van der Waals surface area (Å²) in [5, 5.41) is 6.17. The van der Waals surface area contributed by atoms with Crippen LogP contribution < -0.4 is 10.6 Å². The summed E-state index contributed by atoms with van der Waals surface area (Å²) in [6, 6.07) is 0.314. The first-order valence-corrected chi connectivity index (χ1v) is 5.30. The largest absolute Gasteiger partial charge is 0.352 e. The first-order chi connectivity index (χ1) is 7.09. The Balaban J connectivity index is 0.00000128. The van der Waals surface area contributed by atoms with Crippen molar-refractivity contribution in [1.29, 1.82) is 0 Å². The summed E-state index contributed by atoms with van der Waals surface area (Å²) in [7, 11) is 3.32. The lowest BCUT2D eigenvalue weighted by molar-refractivity contribution is -0.134. The standard InChI is InChI=1S/C10H17N3O2.ClH/c1-13(2)9(15)3-8(14)12-10-6-4-11-5-7(6)10;/h6-7,10-11H,3-5H2,1-2H3,(H,12,14);1H. The van der Waals surface area contributed by atoms with Gasteiger partial charge < -0.3 is 15.5 Å². The van der Waals surface area contributed by atoms with E-state index < -0.39 is 0 Å². The highest BCUT2D eigenvalue weighted by Crippen LogP contribution is 2.41. The van der Waals surface area contributed by atoms with E-state index in [9.17, 15) is 9.59 Å². The summed E-state index contributed by atoms with van der Waals surface area (Å²) in [6.45, 7) is 1.99. The SMILES string of the molecule is CN(C)C(=O)CC(=O)NC1C2CNCC21.Cl. The van der Waals surface area contributed by atoms with Crippen LogP contribution in [0.25, 0.3) is 0 Å². The van der Waals surface area contributed by atoms with E-state index in [0.29, 0.717) is 17.9 Å². The molecule has 2 atom stereocenters. The minimum absolute atomic E-state index is 0. The second-order valence-corrected chi connectivity index (χ2v) is 4.54. The molecule has 5 nitrogen and oxygen atoms in total. The maximum absolute atomic E-state index is 11.5. The lowest BCUT2D eigenvalue weighted by atomic mass is 10.3. The molecule has 1 aliphatic heterocycles. The van der Waals surface area contributed by atoms with E-state index in [0.717, 1.165) is 13.1 Å². The van der Waals surface area contributed by atoms with Crippen molar-refractivity contribution in [2.45, 2.75) is 12.5 Å². The molecule has 1 aliphatic carbocycles. The number of carbonyl (C=O) groups excluding carboxylic acids is 2. The number of fused-ring (bicyclic) bond motifs is 1. The maximum Gasteiger partial charge on any atom is 0.231 e. The molecular weight excluding hydrogens is 230 g/mol. The third-order valence-electron chi connectivity index (χ3n) is 3.23. The molecular formula is C10H18ClN3O2. The number of carbonyl (C=O) groups is 2. The average Bonchev–Trinajstić information content (AvgIpc) is 2.63. The van der Waals surface area contributed by atoms with E-state index in [-0.39, 0.29) is 30.6 Å². The molecule has 2 aliphatic rings. The van der Waals surface area contributed by atoms with Gasteiger partial charge in [0.1, 0.15) is 6.42 Å². The second kappa shape index (κ2) is 5.01. The van der Waals surface area contributed by atoms with Crippen LogP contribution in [0, 0.1) is 11.8 Å². The van der Waals surface area contributed by atoms with Crippen LogP contribution in [0.1, 0.15) is 6.42 Å². The Morgan fingerprint density at radius 3 is 2.38 bits per heavy atom. The highest BCUT2D eigenvalue weighted by Gasteiger charge is 2.53. The topological polar surface area (TPSA) is 61.4 Å². The molecule has 2 fully saturated rings. The first kappa shape index (κ1) is 13.3. The zero-order valence-electron chi connectivity index (χ0n) is 9.53. The van der Waals surface area contributed by atoms with Crippen molar-refractivity contribution in [3.8, 4) is 0 Å². The molecule has 0 radical (unpaired) electrons. The molecule has 1 saturated heterocycles. The van der Waals surface area contributed by atoms with Gasteiger partial charge in [0.2, 0.25) is 11.8 Å². The highest BCUT2D eigenvalue weighted by atomic mass is 35.5. The van der Waals surface area contributed by atoms with Gasteiger partial charge in [-0.2, -0.15) is 0 Å². The smallest absolute Gasteiger partial charge is 0.231 e. The number of nitrogens with one attached hydrogen (secondary N) is 2. The van der Waals surface area contributed by atoms with Crippen molar-refractivity contribution in [2.75, 3.05) is 27.2 Å². The summed E-state index contributed by atoms with van der Waals surface area (Å²) in [5.74, 6) is 0.913. The normalized spacial score (nSPS) is 30.0. The van der Waals surface area contributed by atoms with Crippen LogP contribution in [0.2, 0.25) is 0 Å². The third kappa shape index (κ3) is 2.65. The zero-order valence-corrected chi connectivity index (χ0v) is 10.3. The first-order valence-electron chi connectivity index (χ1n) is 5.30. The van der Waals surface area contributed by atoms with Crippen molar-refractivity contribution >= 4 is 24.2 Å². The summed E-state index contributed by atoms with van der Waals surface area (Å²) < 4.78 is 0. The Kier molecular flexibility index (Phi) is 4.15. The Labute approximate surface area is 101 Å². The predicted molar refractivity (Wildman–Crippen MR) is 62.3 cm³/mol. The van der Waals surface area contributed by atoms with Gasteiger partial charge in [0.05, 0.1) is 0 Å². The second-order valence-electron chi connectivity index (χ2n) is 4.54. The number of nitrogens with zero attached hydrogens (tertiary/aromatic N) is 1. The lowest BCUT2D eigenvalue weighted by Crippen LogP contribution is -2.35. The van der Waals surface area contributed by atoms with Gasteiger partial charge >= 0.3 is 0 Å². The van der Waals surface area contributed by atoms with Gasteiger partial charge in [-0.3, -0.25) is 9.59 Å². The third-order valence-corrected chi connectivity index (χ3v) is 3.23. The van der Waals surface area contributed by atoms with Crippen LogP contribution in [0.4, 0.5) is 0 Å². The van der Waals surface area contributed by atoms with Gasteiger partial charge in [-0.05, 0) is 11.8 Å². The number of piperidine rings is 1. The minimum atomic E-state index is -0.145. The van der Waals surface area contributed by atoms with Gasteiger partial charge in [0.25, 0.3) is 0 Å². The molecule has 6 heteroatoms. The van der Waals surface area contributed by atoms with Crippen molar-refractivity contribution in [2.24, 2.45) is 11.8 Å². The molecule has 1 saturated carbocycles. The van der Waals surface area contributed by atoms with Crippen molar-refractivity contribution in [3.05, 3.63) is 0 Å². The quantitative estimate of drug-likeness (QED) is 0.644. The van der Waals surface area contributed by atoms with Crippen LogP contribution in [-0.2, 0) is 9.59 Å². The number of rotatable bonds is 3. The van der Waals surface area contributed by atoms with Gasteiger partial charge in [0, 0.05) is 33.2 Å². The maximum atomic E-state index is 11.5. The summed E-state index contributed by atoms with van der Waals surface area (Å²) in [6.07, 6.45) is -0.0314. The molecule has 2 rings (SSSR count). The molecule has 1 heterocycles. The Hall–Kier alpha value is -0.810. The fourth-order valence-electron chi connectivity index (χ4n) is 2.16. The van der Waals surface area contributed by atoms with E-state index in [1.54, 1.807) is 14.1 Å². The summed E-state index contributed by atoms with van der Waals surface area (Å²) >= 11 is 0. The van der Waals surface area contributed by atoms with Crippen LogP contribution in [0.15, 0.2) is 0 Å². The number of halogens is 1. The monoisotopic (exact) mass is 247 g/mol. The van der Waals surface area contributed by atoms with Crippen molar-refractivity contribution in [3.63, 3.8) is 0 Å². The van der Waals surface area contributed by atoms with E-state index in [4.69, 9.17) is 0 Å². The van der Waals surface area contributed by atoms with E-state index in [1.165, 1.54) is 4.90 Å². The number of amides is 2. The molecule has 2 amide bonds. The fourth-order valence-corrected chi connectivity index (χ4v) is 2.16. The minimum Gasteiger partial charge on any atom is -0.352 e. The van der Waals surface area contributed by atoms with E-state index >= 15 is 0 Å². The van der Waals surface area contributed by atoms with Crippen LogP contribution >= 0.6 is 12.4 Å². The average molecular weight is 248 g/mol. The summed E-state index contributed by atoms with van der Waals surface area (Å²) in [4.78, 5) is 24.2. The van der Waals surface area contributed by atoms with E-state index in [2.05, 4.69) is 10.6 Å². The van der Waals surface area contributed by atoms with Gasteiger partial charge in [-0.15, -0.1) is 12.4 Å². The van der Waals surface area contributed by atoms with Crippen LogP contribution in [0.5, 0.6) is 0 Å². The Bertz CT molecular complexity index is 286. The molecule has 92 valence electrons. The zero-order chi connectivity index (χ0) is 11.0. The number of hydrogen-bond donors (Lipinski definition) is 2. The lowest BCUT2D eigenvalue weighted by Gasteiger charge is -2.11. The molecule has 0 aromatic carbocycles. The molecule has 0 bridgehead atoms. The predicted octanol–water partition coefficient (Wildman–Crippen LogP) is -0.779. The summed E-state index contributed by atoms with van der Waals surface area (Å²) in [5.41, 5.74) is 0. The van der Waals surface area contributed by atoms with Crippen LogP contribution in [0.3, 0.4) is 0 Å². The van der Waals surface area contributed by atoms with Crippen molar-refractivity contribution < 1.29 is 9.59 Å². The molecule has 2 unspecified atom stereocenters. The van der Waals surface area contributed by atoms with Crippen molar-refractivity contribution in [1.82, 2.24) is 15.5 Å². The molecule has 2 N–H and O–H groups in total. The Morgan fingerprint density at radius 2 is 1.88 bits per heavy atom. The molecule has 0 spiro atoms. The number of hydrogen-bond acceptors (Lipinski definition) is 3. The van der Waals surface area contributed by atoms with Crippen LogP contribution in [-0.4, -0.2) is 49.9 Å². The fraction of sp³-hybridized carbons (Fsp3) is 0.800. The molecule has 16 heavy (non-hydrogen) atoms. The Morgan fingerprint density at radius 1 is 1.31 bits per heavy atom. The molecule has 0 aromatic heterocycles. The molecule has 0 aromatic rings. The van der Waals surface area contributed by atoms with Gasteiger partial charge in [0.15, 0.2) is 0 Å². The highest BCUT2D eigenvalue weighted by molar-refractivity contribution is 5.96. The van der Waals surface area contributed by atoms with Gasteiger partial charge in [-0.25, -0.2) is 0 Å². The van der Waals surface area contributed by atoms with E-state index in [1.807, 2.05) is 0 Å². The van der Waals surface area contributed by atoms with Gasteiger partial charge in [-0.1, -0.05) is 0 Å².